The molecule has 1 amide bonds. The minimum atomic E-state index is -0.200. The zero-order valence-corrected chi connectivity index (χ0v) is 15.1. The van der Waals surface area contributed by atoms with Crippen LogP contribution in [0.3, 0.4) is 0 Å². The molecular formula is C22H25N3O. The number of carbonyl (C=O) groups is 1. The Morgan fingerprint density at radius 1 is 1.04 bits per heavy atom. The Labute approximate surface area is 155 Å². The first-order valence-electron chi connectivity index (χ1n) is 9.10. The maximum absolute atomic E-state index is 12.6. The minimum Gasteiger partial charge on any atom is -0.342 e. The number of carbonyl (C=O) groups excluding carboxylic acids is 1. The lowest BCUT2D eigenvalue weighted by Gasteiger charge is -2.17. The van der Waals surface area contributed by atoms with Gasteiger partial charge in [0.15, 0.2) is 0 Å². The second-order valence-corrected chi connectivity index (χ2v) is 6.54. The number of allylic oxidation sites excluding steroid dienone is 1. The molecule has 0 aromatic heterocycles. The average molecular weight is 347 g/mol. The maximum Gasteiger partial charge on any atom is 0.252 e. The summed E-state index contributed by atoms with van der Waals surface area (Å²) >= 11 is 0. The highest BCUT2D eigenvalue weighted by molar-refractivity contribution is 5.94. The van der Waals surface area contributed by atoms with Crippen molar-refractivity contribution in [2.45, 2.75) is 25.8 Å². The van der Waals surface area contributed by atoms with Gasteiger partial charge in [0, 0.05) is 24.9 Å². The van der Waals surface area contributed by atoms with E-state index < -0.39 is 0 Å². The molecule has 0 radical (unpaired) electrons. The highest BCUT2D eigenvalue weighted by Gasteiger charge is 2.14. The SMILES string of the molecule is CC(/C=N/N1CCCC1)=C\[C@@H](NC(=O)c1ccccc1)c1ccccc1. The summed E-state index contributed by atoms with van der Waals surface area (Å²) < 4.78 is 0. The number of hydrazone groups is 1. The van der Waals surface area contributed by atoms with Crippen LogP contribution in [0.5, 0.6) is 0 Å². The average Bonchev–Trinajstić information content (AvgIpc) is 3.21. The van der Waals surface area contributed by atoms with E-state index in [1.54, 1.807) is 0 Å². The fourth-order valence-corrected chi connectivity index (χ4v) is 2.99. The van der Waals surface area contributed by atoms with Crippen molar-refractivity contribution in [3.8, 4) is 0 Å². The van der Waals surface area contributed by atoms with Crippen molar-refractivity contribution in [3.63, 3.8) is 0 Å². The van der Waals surface area contributed by atoms with E-state index in [4.69, 9.17) is 0 Å². The molecule has 0 spiro atoms. The van der Waals surface area contributed by atoms with E-state index in [1.165, 1.54) is 12.8 Å². The highest BCUT2D eigenvalue weighted by atomic mass is 16.1. The van der Waals surface area contributed by atoms with Gasteiger partial charge in [-0.15, -0.1) is 0 Å². The van der Waals surface area contributed by atoms with E-state index in [0.717, 1.165) is 24.2 Å². The Morgan fingerprint density at radius 3 is 2.31 bits per heavy atom. The van der Waals surface area contributed by atoms with Crippen molar-refractivity contribution < 1.29 is 4.79 Å². The Balaban J connectivity index is 1.77. The molecule has 0 aliphatic carbocycles. The maximum atomic E-state index is 12.6. The van der Waals surface area contributed by atoms with Gasteiger partial charge in [-0.2, -0.15) is 5.10 Å². The summed E-state index contributed by atoms with van der Waals surface area (Å²) in [6, 6.07) is 19.1. The number of nitrogens with one attached hydrogen (secondary N) is 1. The summed E-state index contributed by atoms with van der Waals surface area (Å²) in [5, 5.41) is 9.75. The number of hydrogen-bond acceptors (Lipinski definition) is 3. The van der Waals surface area contributed by atoms with Gasteiger partial charge in [-0.05, 0) is 43.0 Å². The predicted molar refractivity (Wildman–Crippen MR) is 106 cm³/mol. The van der Waals surface area contributed by atoms with Crippen LogP contribution >= 0.6 is 0 Å². The summed E-state index contributed by atoms with van der Waals surface area (Å²) in [4.78, 5) is 12.6. The summed E-state index contributed by atoms with van der Waals surface area (Å²) in [6.07, 6.45) is 6.35. The first-order valence-corrected chi connectivity index (χ1v) is 9.10. The van der Waals surface area contributed by atoms with Gasteiger partial charge in [-0.25, -0.2) is 0 Å². The van der Waals surface area contributed by atoms with Crippen molar-refractivity contribution >= 4 is 12.1 Å². The number of hydrogen-bond donors (Lipinski definition) is 1. The van der Waals surface area contributed by atoms with Gasteiger partial charge < -0.3 is 5.32 Å². The molecule has 2 aromatic rings. The third-order valence-electron chi connectivity index (χ3n) is 4.42. The van der Waals surface area contributed by atoms with Gasteiger partial charge in [0.2, 0.25) is 0 Å². The van der Waals surface area contributed by atoms with E-state index in [2.05, 4.69) is 21.5 Å². The molecule has 1 atom stereocenters. The molecule has 4 nitrogen and oxygen atoms in total. The van der Waals surface area contributed by atoms with E-state index in [-0.39, 0.29) is 11.9 Å². The molecule has 0 bridgehead atoms. The van der Waals surface area contributed by atoms with Crippen molar-refractivity contribution in [2.24, 2.45) is 5.10 Å². The molecule has 4 heteroatoms. The van der Waals surface area contributed by atoms with Gasteiger partial charge in [0.05, 0.1) is 6.04 Å². The molecule has 1 N–H and O–H groups in total. The van der Waals surface area contributed by atoms with E-state index in [1.807, 2.05) is 73.8 Å². The van der Waals surface area contributed by atoms with Gasteiger partial charge in [0.1, 0.15) is 0 Å². The third kappa shape index (κ3) is 5.06. The molecular weight excluding hydrogens is 322 g/mol. The molecule has 1 aliphatic heterocycles. The third-order valence-corrected chi connectivity index (χ3v) is 4.42. The van der Waals surface area contributed by atoms with Crippen LogP contribution in [-0.2, 0) is 0 Å². The second-order valence-electron chi connectivity index (χ2n) is 6.54. The fraction of sp³-hybridized carbons (Fsp3) is 0.273. The molecule has 0 saturated carbocycles. The Bertz CT molecular complexity index is 762. The van der Waals surface area contributed by atoms with Crippen LogP contribution in [0.15, 0.2) is 77.4 Å². The van der Waals surface area contributed by atoms with Crippen LogP contribution < -0.4 is 5.32 Å². The summed E-state index contributed by atoms with van der Waals surface area (Å²) in [7, 11) is 0. The predicted octanol–water partition coefficient (Wildman–Crippen LogP) is 4.19. The normalized spacial score (nSPS) is 16.0. The van der Waals surface area contributed by atoms with Crippen LogP contribution in [0.4, 0.5) is 0 Å². The van der Waals surface area contributed by atoms with Crippen LogP contribution in [0.2, 0.25) is 0 Å². The summed E-state index contributed by atoms with van der Waals surface area (Å²) in [6.45, 7) is 4.07. The molecule has 1 aliphatic rings. The lowest BCUT2D eigenvalue weighted by molar-refractivity contribution is 0.0944. The van der Waals surface area contributed by atoms with Crippen LogP contribution in [0.25, 0.3) is 0 Å². The Hall–Kier alpha value is -2.88. The molecule has 26 heavy (non-hydrogen) atoms. The molecule has 1 saturated heterocycles. The zero-order valence-electron chi connectivity index (χ0n) is 15.1. The van der Waals surface area contributed by atoms with Crippen molar-refractivity contribution in [1.29, 1.82) is 0 Å². The number of amides is 1. The van der Waals surface area contributed by atoms with Crippen LogP contribution in [-0.4, -0.2) is 30.2 Å². The molecule has 3 rings (SSSR count). The van der Waals surface area contributed by atoms with E-state index in [9.17, 15) is 4.79 Å². The fourth-order valence-electron chi connectivity index (χ4n) is 2.99. The Kier molecular flexibility index (Phi) is 6.20. The van der Waals surface area contributed by atoms with Crippen molar-refractivity contribution in [3.05, 3.63) is 83.4 Å². The van der Waals surface area contributed by atoms with Crippen LogP contribution in [0, 0.1) is 0 Å². The summed E-state index contributed by atoms with van der Waals surface area (Å²) in [5.74, 6) is -0.0833. The lowest BCUT2D eigenvalue weighted by Crippen LogP contribution is -2.27. The first-order chi connectivity index (χ1) is 12.7. The van der Waals surface area contributed by atoms with Gasteiger partial charge >= 0.3 is 0 Å². The quantitative estimate of drug-likeness (QED) is 0.797. The van der Waals surface area contributed by atoms with E-state index in [0.29, 0.717) is 5.56 Å². The van der Waals surface area contributed by atoms with Crippen molar-refractivity contribution in [1.82, 2.24) is 10.3 Å². The Morgan fingerprint density at radius 2 is 1.65 bits per heavy atom. The standard InChI is InChI=1S/C22H25N3O/c1-18(17-23-25-14-8-9-15-25)16-21(19-10-4-2-5-11-19)24-22(26)20-12-6-3-7-13-20/h2-7,10-13,16-17,21H,8-9,14-15H2,1H3,(H,24,26)/b18-16+,23-17+/t21-/m1/s1. The molecule has 2 aromatic carbocycles. The highest BCUT2D eigenvalue weighted by Crippen LogP contribution is 2.17. The first kappa shape index (κ1) is 17.9. The number of rotatable bonds is 6. The number of nitrogens with zero attached hydrogens (tertiary/aromatic N) is 2. The topological polar surface area (TPSA) is 44.7 Å². The lowest BCUT2D eigenvalue weighted by atomic mass is 10.0. The van der Waals surface area contributed by atoms with Gasteiger partial charge in [-0.1, -0.05) is 54.6 Å². The molecule has 0 unspecified atom stereocenters. The van der Waals surface area contributed by atoms with Gasteiger partial charge in [0.25, 0.3) is 5.91 Å². The minimum absolute atomic E-state index is 0.0833. The zero-order chi connectivity index (χ0) is 18.2. The molecule has 134 valence electrons. The monoisotopic (exact) mass is 347 g/mol. The van der Waals surface area contributed by atoms with E-state index >= 15 is 0 Å². The second kappa shape index (κ2) is 8.99. The molecule has 1 fully saturated rings. The molecule has 1 heterocycles. The summed E-state index contributed by atoms with van der Waals surface area (Å²) in [5.41, 5.74) is 2.73. The largest absolute Gasteiger partial charge is 0.342 e. The van der Waals surface area contributed by atoms with Crippen LogP contribution in [0.1, 0.15) is 41.7 Å². The van der Waals surface area contributed by atoms with Gasteiger partial charge in [-0.3, -0.25) is 9.80 Å². The number of benzene rings is 2. The van der Waals surface area contributed by atoms with Crippen molar-refractivity contribution in [2.75, 3.05) is 13.1 Å². The smallest absolute Gasteiger partial charge is 0.252 e.